The number of rotatable bonds is 1. The highest BCUT2D eigenvalue weighted by atomic mass is 16.3. The van der Waals surface area contributed by atoms with Crippen molar-refractivity contribution in [1.29, 1.82) is 0 Å². The van der Waals surface area contributed by atoms with Crippen LogP contribution >= 0.6 is 0 Å². The SMILES string of the molecule is CC1(C)C(N)CCC1O.CC1(C)C(O)CCC1n1ccnc1. The van der Waals surface area contributed by atoms with Crippen LogP contribution in [0.15, 0.2) is 18.7 Å². The van der Waals surface area contributed by atoms with Crippen LogP contribution in [0.1, 0.15) is 59.4 Å². The lowest BCUT2D eigenvalue weighted by atomic mass is 9.85. The number of aromatic nitrogens is 2. The number of hydrogen-bond acceptors (Lipinski definition) is 4. The number of imidazole rings is 1. The van der Waals surface area contributed by atoms with E-state index >= 15 is 0 Å². The third kappa shape index (κ3) is 3.21. The van der Waals surface area contributed by atoms with Crippen LogP contribution in [0.25, 0.3) is 0 Å². The average Bonchev–Trinajstić information content (AvgIpc) is 3.10. The van der Waals surface area contributed by atoms with Gasteiger partial charge in [0.2, 0.25) is 0 Å². The second kappa shape index (κ2) is 6.30. The maximum Gasteiger partial charge on any atom is 0.0948 e. The lowest BCUT2D eigenvalue weighted by Crippen LogP contribution is -2.38. The number of aliphatic hydroxyl groups is 2. The smallest absolute Gasteiger partial charge is 0.0948 e. The van der Waals surface area contributed by atoms with Crippen LogP contribution in [-0.4, -0.2) is 38.0 Å². The van der Waals surface area contributed by atoms with Crippen LogP contribution in [0.2, 0.25) is 0 Å². The van der Waals surface area contributed by atoms with Crippen molar-refractivity contribution in [2.75, 3.05) is 0 Å². The van der Waals surface area contributed by atoms with E-state index in [1.807, 2.05) is 26.4 Å². The van der Waals surface area contributed by atoms with Crippen LogP contribution in [0.4, 0.5) is 0 Å². The second-order valence-electron chi connectivity index (χ2n) is 7.96. The van der Waals surface area contributed by atoms with E-state index in [0.717, 1.165) is 25.7 Å². The van der Waals surface area contributed by atoms with Gasteiger partial charge in [-0.3, -0.25) is 0 Å². The molecule has 5 heteroatoms. The molecule has 0 amide bonds. The summed E-state index contributed by atoms with van der Waals surface area (Å²) < 4.78 is 2.11. The molecule has 22 heavy (non-hydrogen) atoms. The summed E-state index contributed by atoms with van der Waals surface area (Å²) in [5, 5.41) is 19.1. The molecule has 0 saturated heterocycles. The van der Waals surface area contributed by atoms with E-state index in [1.54, 1.807) is 6.20 Å². The summed E-state index contributed by atoms with van der Waals surface area (Å²) in [6.07, 6.45) is 9.02. The molecule has 0 spiro atoms. The fourth-order valence-electron chi connectivity index (χ4n) is 3.60. The molecule has 0 bridgehead atoms. The zero-order chi connectivity index (χ0) is 16.5. The van der Waals surface area contributed by atoms with Gasteiger partial charge in [0, 0.05) is 35.3 Å². The molecule has 126 valence electrons. The van der Waals surface area contributed by atoms with Crippen LogP contribution < -0.4 is 5.73 Å². The first-order chi connectivity index (χ1) is 10.2. The van der Waals surface area contributed by atoms with Crippen molar-refractivity contribution >= 4 is 0 Å². The van der Waals surface area contributed by atoms with Crippen molar-refractivity contribution in [2.45, 2.75) is 77.7 Å². The maximum atomic E-state index is 9.79. The predicted octanol–water partition coefficient (Wildman–Crippen LogP) is 2.10. The number of hydrogen-bond donors (Lipinski definition) is 3. The molecule has 2 aliphatic carbocycles. The molecule has 5 nitrogen and oxygen atoms in total. The molecule has 3 rings (SSSR count). The van der Waals surface area contributed by atoms with E-state index in [1.165, 1.54) is 0 Å². The first-order valence-electron chi connectivity index (χ1n) is 8.26. The topological polar surface area (TPSA) is 84.3 Å². The van der Waals surface area contributed by atoms with Crippen molar-refractivity contribution < 1.29 is 10.2 Å². The predicted molar refractivity (Wildman–Crippen MR) is 87.3 cm³/mol. The number of aliphatic hydroxyl groups excluding tert-OH is 2. The molecular weight excluding hydrogens is 278 g/mol. The van der Waals surface area contributed by atoms with Crippen molar-refractivity contribution in [2.24, 2.45) is 16.6 Å². The summed E-state index contributed by atoms with van der Waals surface area (Å²) >= 11 is 0. The van der Waals surface area contributed by atoms with E-state index < -0.39 is 0 Å². The van der Waals surface area contributed by atoms with Gasteiger partial charge in [0.05, 0.1) is 18.5 Å². The lowest BCUT2D eigenvalue weighted by Gasteiger charge is -2.30. The minimum Gasteiger partial charge on any atom is -0.393 e. The summed E-state index contributed by atoms with van der Waals surface area (Å²) in [7, 11) is 0. The van der Waals surface area contributed by atoms with Crippen molar-refractivity contribution in [3.63, 3.8) is 0 Å². The quantitative estimate of drug-likeness (QED) is 0.742. The first kappa shape index (κ1) is 17.4. The lowest BCUT2D eigenvalue weighted by molar-refractivity contribution is 0.0572. The van der Waals surface area contributed by atoms with Crippen LogP contribution in [0, 0.1) is 10.8 Å². The normalized spacial score (nSPS) is 36.0. The third-order valence-corrected chi connectivity index (χ3v) is 5.88. The average molecular weight is 309 g/mol. The van der Waals surface area contributed by atoms with Gasteiger partial charge in [0.15, 0.2) is 0 Å². The largest absolute Gasteiger partial charge is 0.393 e. The Kier molecular flexibility index (Phi) is 5.00. The van der Waals surface area contributed by atoms with Gasteiger partial charge in [0.1, 0.15) is 0 Å². The van der Waals surface area contributed by atoms with Crippen LogP contribution in [-0.2, 0) is 0 Å². The molecule has 0 aromatic carbocycles. The highest BCUT2D eigenvalue weighted by Crippen LogP contribution is 2.45. The standard InChI is InChI=1S/C10H16N2O.C7H15NO/c1-10(2)8(3-4-9(10)13)12-6-5-11-7-12;1-7(2)5(8)3-4-6(7)9/h5-9,13H,3-4H2,1-2H3;5-6,9H,3-4,8H2,1-2H3. The minimum absolute atomic E-state index is 0.0271. The number of nitrogens with zero attached hydrogens (tertiary/aromatic N) is 2. The molecule has 4 atom stereocenters. The van der Waals surface area contributed by atoms with E-state index in [0.29, 0.717) is 6.04 Å². The Morgan fingerprint density at radius 1 is 1.00 bits per heavy atom. The zero-order valence-electron chi connectivity index (χ0n) is 14.2. The molecule has 4 N–H and O–H groups in total. The van der Waals surface area contributed by atoms with Crippen molar-refractivity contribution in [1.82, 2.24) is 9.55 Å². The minimum atomic E-state index is -0.188. The Hall–Kier alpha value is -0.910. The van der Waals surface area contributed by atoms with Gasteiger partial charge in [-0.2, -0.15) is 0 Å². The Morgan fingerprint density at radius 3 is 1.91 bits per heavy atom. The van der Waals surface area contributed by atoms with Gasteiger partial charge >= 0.3 is 0 Å². The van der Waals surface area contributed by atoms with Gasteiger partial charge in [-0.05, 0) is 25.7 Å². The molecular formula is C17H31N3O2. The Labute approximate surface area is 133 Å². The van der Waals surface area contributed by atoms with Gasteiger partial charge in [0.25, 0.3) is 0 Å². The fourth-order valence-corrected chi connectivity index (χ4v) is 3.60. The van der Waals surface area contributed by atoms with Gasteiger partial charge < -0.3 is 20.5 Å². The molecule has 1 aromatic rings. The van der Waals surface area contributed by atoms with Crippen LogP contribution in [0.5, 0.6) is 0 Å². The molecule has 2 aliphatic rings. The van der Waals surface area contributed by atoms with E-state index in [9.17, 15) is 10.2 Å². The van der Waals surface area contributed by atoms with E-state index in [2.05, 4.69) is 23.4 Å². The zero-order valence-corrected chi connectivity index (χ0v) is 14.2. The molecule has 1 aromatic heterocycles. The highest BCUT2D eigenvalue weighted by molar-refractivity contribution is 4.97. The third-order valence-electron chi connectivity index (χ3n) is 5.88. The Morgan fingerprint density at radius 2 is 1.59 bits per heavy atom. The van der Waals surface area contributed by atoms with Gasteiger partial charge in [-0.15, -0.1) is 0 Å². The van der Waals surface area contributed by atoms with Crippen LogP contribution in [0.3, 0.4) is 0 Å². The Balaban J connectivity index is 0.000000172. The van der Waals surface area contributed by atoms with Crippen molar-refractivity contribution in [3.05, 3.63) is 18.7 Å². The maximum absolute atomic E-state index is 9.79. The van der Waals surface area contributed by atoms with E-state index in [4.69, 9.17) is 5.73 Å². The summed E-state index contributed by atoms with van der Waals surface area (Å²) in [4.78, 5) is 4.04. The van der Waals surface area contributed by atoms with Gasteiger partial charge in [-0.1, -0.05) is 27.7 Å². The summed E-state index contributed by atoms with van der Waals surface area (Å²) in [6.45, 7) is 8.29. The first-order valence-corrected chi connectivity index (χ1v) is 8.26. The molecule has 0 radical (unpaired) electrons. The summed E-state index contributed by atoms with van der Waals surface area (Å²) in [5.41, 5.74) is 5.66. The summed E-state index contributed by atoms with van der Waals surface area (Å²) in [6, 6.07) is 0.581. The van der Waals surface area contributed by atoms with Gasteiger partial charge in [-0.25, -0.2) is 4.98 Å². The monoisotopic (exact) mass is 309 g/mol. The summed E-state index contributed by atoms with van der Waals surface area (Å²) in [5.74, 6) is 0. The fraction of sp³-hybridized carbons (Fsp3) is 0.824. The van der Waals surface area contributed by atoms with Crippen molar-refractivity contribution in [3.8, 4) is 0 Å². The molecule has 0 aliphatic heterocycles. The number of nitrogens with two attached hydrogens (primary N) is 1. The Bertz CT molecular complexity index is 458. The second-order valence-corrected chi connectivity index (χ2v) is 7.96. The van der Waals surface area contributed by atoms with E-state index in [-0.39, 0.29) is 29.1 Å². The molecule has 1 heterocycles. The molecule has 4 unspecified atom stereocenters. The molecule has 2 fully saturated rings. The highest BCUT2D eigenvalue weighted by Gasteiger charge is 2.43. The molecule has 2 saturated carbocycles.